The largest absolute Gasteiger partial charge is 0.465 e. The van der Waals surface area contributed by atoms with E-state index in [9.17, 15) is 18.0 Å². The number of hydroxylamine groups is 2. The maximum atomic E-state index is 12.9. The lowest BCUT2D eigenvalue weighted by atomic mass is 9.75. The van der Waals surface area contributed by atoms with Gasteiger partial charge in [-0.1, -0.05) is 13.8 Å². The SMILES string of the molecule is CCCN(CCC)S(=O)(=O)c1ccc(C(=O)OCCC2CC3(C(=O)OCC)CC(C)(C)ON23)cc1. The number of hydrogen-bond acceptors (Lipinski definition) is 8. The van der Waals surface area contributed by atoms with Crippen molar-refractivity contribution in [2.45, 2.75) is 88.8 Å². The Labute approximate surface area is 208 Å². The number of ether oxygens (including phenoxy) is 2. The molecule has 3 rings (SSSR count). The molecule has 196 valence electrons. The summed E-state index contributed by atoms with van der Waals surface area (Å²) in [7, 11) is -3.60. The number of esters is 2. The van der Waals surface area contributed by atoms with Crippen LogP contribution in [-0.2, 0) is 29.1 Å². The zero-order chi connectivity index (χ0) is 25.9. The molecule has 0 bridgehead atoms. The smallest absolute Gasteiger partial charge is 0.338 e. The maximum absolute atomic E-state index is 12.9. The summed E-state index contributed by atoms with van der Waals surface area (Å²) >= 11 is 0. The van der Waals surface area contributed by atoms with Crippen LogP contribution in [0.25, 0.3) is 0 Å². The van der Waals surface area contributed by atoms with Gasteiger partial charge in [0.2, 0.25) is 10.0 Å². The minimum atomic E-state index is -3.60. The Bertz CT molecular complexity index is 1000. The second kappa shape index (κ2) is 10.9. The van der Waals surface area contributed by atoms with Crippen molar-refractivity contribution in [1.29, 1.82) is 0 Å². The second-order valence-electron chi connectivity index (χ2n) is 9.82. The molecular formula is C25H38N2O7S. The van der Waals surface area contributed by atoms with Gasteiger partial charge in [-0.05, 0) is 70.7 Å². The summed E-state index contributed by atoms with van der Waals surface area (Å²) in [4.78, 5) is 31.3. The molecule has 2 atom stereocenters. The Balaban J connectivity index is 1.56. The molecule has 10 heteroatoms. The van der Waals surface area contributed by atoms with Crippen molar-refractivity contribution in [3.8, 4) is 0 Å². The van der Waals surface area contributed by atoms with E-state index in [0.717, 1.165) is 12.8 Å². The maximum Gasteiger partial charge on any atom is 0.338 e. The molecule has 2 fully saturated rings. The average Bonchev–Trinajstić information content (AvgIpc) is 3.03. The number of fused-ring (bicyclic) bond motifs is 1. The molecule has 0 aromatic heterocycles. The van der Waals surface area contributed by atoms with Crippen LogP contribution in [0.1, 0.15) is 77.1 Å². The Morgan fingerprint density at radius 2 is 1.71 bits per heavy atom. The predicted molar refractivity (Wildman–Crippen MR) is 130 cm³/mol. The summed E-state index contributed by atoms with van der Waals surface area (Å²) in [6.45, 7) is 10.9. The first-order valence-electron chi connectivity index (χ1n) is 12.4. The highest BCUT2D eigenvalue weighted by molar-refractivity contribution is 7.89. The van der Waals surface area contributed by atoms with E-state index in [0.29, 0.717) is 39.0 Å². The minimum Gasteiger partial charge on any atom is -0.465 e. The quantitative estimate of drug-likeness (QED) is 0.394. The van der Waals surface area contributed by atoms with Gasteiger partial charge in [0.05, 0.1) is 29.3 Å². The van der Waals surface area contributed by atoms with Crippen LogP contribution in [0.5, 0.6) is 0 Å². The number of rotatable bonds is 12. The molecule has 1 aromatic rings. The van der Waals surface area contributed by atoms with Crippen molar-refractivity contribution in [2.24, 2.45) is 0 Å². The lowest BCUT2D eigenvalue weighted by Crippen LogP contribution is -2.66. The third-order valence-corrected chi connectivity index (χ3v) is 8.32. The predicted octanol–water partition coefficient (Wildman–Crippen LogP) is 3.53. The van der Waals surface area contributed by atoms with Crippen LogP contribution >= 0.6 is 0 Å². The molecule has 2 unspecified atom stereocenters. The summed E-state index contributed by atoms with van der Waals surface area (Å²) < 4.78 is 38.0. The molecule has 9 nitrogen and oxygen atoms in total. The summed E-state index contributed by atoms with van der Waals surface area (Å²) in [5.41, 5.74) is -0.946. The van der Waals surface area contributed by atoms with Crippen LogP contribution in [0.4, 0.5) is 0 Å². The molecule has 0 spiro atoms. The van der Waals surface area contributed by atoms with Crippen molar-refractivity contribution < 1.29 is 32.3 Å². The van der Waals surface area contributed by atoms with Crippen molar-refractivity contribution in [3.05, 3.63) is 29.8 Å². The van der Waals surface area contributed by atoms with Gasteiger partial charge in [0, 0.05) is 25.6 Å². The first-order chi connectivity index (χ1) is 16.5. The standard InChI is InChI=1S/C25H38N2O7S/c1-6-14-26(15-7-2)35(30,31)21-11-9-19(10-12-21)22(28)33-16-13-20-17-25(23(29)32-8-3)18-24(4,5)34-27(20)25/h9-12,20H,6-8,13-18H2,1-5H3. The number of sulfonamides is 1. The van der Waals surface area contributed by atoms with Gasteiger partial charge in [0.25, 0.3) is 0 Å². The van der Waals surface area contributed by atoms with E-state index in [-0.39, 0.29) is 29.1 Å². The summed E-state index contributed by atoms with van der Waals surface area (Å²) in [6, 6.07) is 5.80. The average molecular weight is 511 g/mol. The third-order valence-electron chi connectivity index (χ3n) is 6.40. The highest BCUT2D eigenvalue weighted by Crippen LogP contribution is 2.52. The molecular weight excluding hydrogens is 472 g/mol. The highest BCUT2D eigenvalue weighted by atomic mass is 32.2. The molecule has 2 heterocycles. The van der Waals surface area contributed by atoms with Crippen molar-refractivity contribution >= 4 is 22.0 Å². The van der Waals surface area contributed by atoms with Crippen LogP contribution in [-0.4, -0.2) is 73.2 Å². The van der Waals surface area contributed by atoms with Crippen molar-refractivity contribution in [2.75, 3.05) is 26.3 Å². The number of carbonyl (C=O) groups excluding carboxylic acids is 2. The van der Waals surface area contributed by atoms with E-state index in [1.54, 1.807) is 12.0 Å². The fourth-order valence-electron chi connectivity index (χ4n) is 4.98. The molecule has 2 aliphatic heterocycles. The van der Waals surface area contributed by atoms with Crippen molar-refractivity contribution in [3.63, 3.8) is 0 Å². The lowest BCUT2D eigenvalue weighted by Gasteiger charge is -2.49. The Morgan fingerprint density at radius 1 is 1.09 bits per heavy atom. The van der Waals surface area contributed by atoms with Crippen LogP contribution in [0.15, 0.2) is 29.2 Å². The Kier molecular flexibility index (Phi) is 8.62. The molecule has 0 aliphatic carbocycles. The van der Waals surface area contributed by atoms with Gasteiger partial charge in [-0.15, -0.1) is 0 Å². The zero-order valence-electron chi connectivity index (χ0n) is 21.4. The molecule has 0 amide bonds. The number of benzene rings is 1. The minimum absolute atomic E-state index is 0.0513. The fraction of sp³-hybridized carbons (Fsp3) is 0.680. The number of hydrogen-bond donors (Lipinski definition) is 0. The third kappa shape index (κ3) is 5.71. The molecule has 1 aromatic carbocycles. The Morgan fingerprint density at radius 3 is 2.29 bits per heavy atom. The summed E-state index contributed by atoms with van der Waals surface area (Å²) in [6.07, 6.45) is 3.11. The lowest BCUT2D eigenvalue weighted by molar-refractivity contribution is -0.286. The van der Waals surface area contributed by atoms with Gasteiger partial charge < -0.3 is 9.47 Å². The molecule has 2 saturated heterocycles. The molecule has 0 radical (unpaired) electrons. The molecule has 2 aliphatic rings. The van der Waals surface area contributed by atoms with E-state index >= 15 is 0 Å². The van der Waals surface area contributed by atoms with Gasteiger partial charge in [0.1, 0.15) is 5.54 Å². The summed E-state index contributed by atoms with van der Waals surface area (Å²) in [5.74, 6) is -0.795. The number of nitrogens with zero attached hydrogens (tertiary/aromatic N) is 2. The molecule has 35 heavy (non-hydrogen) atoms. The van der Waals surface area contributed by atoms with Gasteiger partial charge in [0.15, 0.2) is 0 Å². The zero-order valence-corrected chi connectivity index (χ0v) is 22.2. The summed E-state index contributed by atoms with van der Waals surface area (Å²) in [5, 5.41) is 1.72. The monoisotopic (exact) mass is 510 g/mol. The van der Waals surface area contributed by atoms with E-state index in [2.05, 4.69) is 0 Å². The van der Waals surface area contributed by atoms with E-state index in [1.165, 1.54) is 28.6 Å². The normalized spacial score (nSPS) is 23.5. The Hall–Kier alpha value is -2.01. The molecule has 0 saturated carbocycles. The van der Waals surface area contributed by atoms with E-state index in [4.69, 9.17) is 14.3 Å². The topological polar surface area (TPSA) is 102 Å². The highest BCUT2D eigenvalue weighted by Gasteiger charge is 2.66. The number of carbonyl (C=O) groups is 2. The molecule has 0 N–H and O–H groups in total. The van der Waals surface area contributed by atoms with Crippen LogP contribution in [0, 0.1) is 0 Å². The van der Waals surface area contributed by atoms with Gasteiger partial charge >= 0.3 is 11.9 Å². The first kappa shape index (κ1) is 27.6. The second-order valence-corrected chi connectivity index (χ2v) is 11.8. The first-order valence-corrected chi connectivity index (χ1v) is 13.9. The van der Waals surface area contributed by atoms with Gasteiger partial charge in [-0.25, -0.2) is 18.0 Å². The van der Waals surface area contributed by atoms with E-state index < -0.39 is 27.1 Å². The fourth-order valence-corrected chi connectivity index (χ4v) is 6.60. The van der Waals surface area contributed by atoms with Crippen LogP contribution in [0.2, 0.25) is 0 Å². The van der Waals surface area contributed by atoms with Gasteiger partial charge in [-0.3, -0.25) is 4.84 Å². The van der Waals surface area contributed by atoms with Gasteiger partial charge in [-0.2, -0.15) is 9.37 Å². The van der Waals surface area contributed by atoms with E-state index in [1.807, 2.05) is 27.7 Å². The van der Waals surface area contributed by atoms with Crippen LogP contribution < -0.4 is 0 Å². The van der Waals surface area contributed by atoms with Crippen molar-refractivity contribution in [1.82, 2.24) is 9.37 Å². The van der Waals surface area contributed by atoms with Crippen LogP contribution in [0.3, 0.4) is 0 Å².